The molecule has 1 heterocycles. The summed E-state index contributed by atoms with van der Waals surface area (Å²) in [7, 11) is 0. The number of ether oxygens (including phenoxy) is 2. The maximum Gasteiger partial charge on any atom is 0.261 e. The Labute approximate surface area is 342 Å². The summed E-state index contributed by atoms with van der Waals surface area (Å²) in [6, 6.07) is 5.91. The van der Waals surface area contributed by atoms with Gasteiger partial charge in [0.15, 0.2) is 0 Å². The minimum atomic E-state index is -0.197. The smallest absolute Gasteiger partial charge is 0.261 e. The zero-order valence-corrected chi connectivity index (χ0v) is 35.6. The first kappa shape index (κ1) is 46.8. The summed E-state index contributed by atoms with van der Waals surface area (Å²) in [5.74, 6) is 1.13. The molecule has 0 bridgehead atoms. The Kier molecular flexibility index (Phi) is 26.3. The van der Waals surface area contributed by atoms with Crippen molar-refractivity contribution in [2.75, 3.05) is 13.2 Å². The fraction of sp³-hybridized carbons (Fsp3) is 0.608. The van der Waals surface area contributed by atoms with Crippen molar-refractivity contribution >= 4 is 11.8 Å². The lowest BCUT2D eigenvalue weighted by atomic mass is 10.00. The van der Waals surface area contributed by atoms with Crippen LogP contribution in [0.4, 0.5) is 0 Å². The van der Waals surface area contributed by atoms with Gasteiger partial charge < -0.3 is 9.47 Å². The molecule has 0 spiro atoms. The van der Waals surface area contributed by atoms with Crippen molar-refractivity contribution in [3.05, 3.63) is 95.7 Å². The van der Waals surface area contributed by atoms with Crippen molar-refractivity contribution < 1.29 is 19.1 Å². The normalized spacial score (nSPS) is 14.6. The van der Waals surface area contributed by atoms with Gasteiger partial charge in [-0.05, 0) is 108 Å². The molecule has 0 saturated heterocycles. The lowest BCUT2D eigenvalue weighted by Crippen LogP contribution is -2.31. The standard InChI is InChI=1S/C51H77NO4/c1-3-5-7-9-11-13-15-17-19-21-23-25-27-29-31-35-39-55-46-41-45(44-52-50(53)48-37-33-34-38-49(48)51(52)54)42-47(43-46)56-40-36-32-30-28-26-24-22-20-18-16-14-12-10-8-6-4-2/h11-14,17-20,33,37,41-43H,3-10,15-16,21-32,34-36,38-40,44H2,1-2H3/b13-11-,14-12-,19-17-,20-18-. The van der Waals surface area contributed by atoms with Crippen molar-refractivity contribution in [3.63, 3.8) is 0 Å². The molecule has 5 nitrogen and oxygen atoms in total. The van der Waals surface area contributed by atoms with Gasteiger partial charge in [0.1, 0.15) is 11.5 Å². The van der Waals surface area contributed by atoms with Gasteiger partial charge in [0.25, 0.3) is 11.8 Å². The average Bonchev–Trinajstić information content (AvgIpc) is 3.44. The Morgan fingerprint density at radius 3 is 1.45 bits per heavy atom. The first-order valence-electron chi connectivity index (χ1n) is 22.9. The quantitative estimate of drug-likeness (QED) is 0.0398. The minimum absolute atomic E-state index is 0.161. The summed E-state index contributed by atoms with van der Waals surface area (Å²) in [4.78, 5) is 27.7. The summed E-state index contributed by atoms with van der Waals surface area (Å²) in [6.45, 7) is 6.02. The molecular weight excluding hydrogens is 691 g/mol. The molecule has 0 aromatic heterocycles. The predicted octanol–water partition coefficient (Wildman–Crippen LogP) is 14.6. The zero-order chi connectivity index (χ0) is 39.7. The first-order chi connectivity index (χ1) is 27.6. The van der Waals surface area contributed by atoms with E-state index in [2.05, 4.69) is 62.5 Å². The van der Waals surface area contributed by atoms with E-state index in [1.807, 2.05) is 30.4 Å². The highest BCUT2D eigenvalue weighted by Gasteiger charge is 2.37. The summed E-state index contributed by atoms with van der Waals surface area (Å²) >= 11 is 0. The second-order valence-corrected chi connectivity index (χ2v) is 15.7. The Hall–Kier alpha value is -3.60. The van der Waals surface area contributed by atoms with E-state index in [4.69, 9.17) is 9.47 Å². The number of carbonyl (C=O) groups excluding carboxylic acids is 2. The number of hydrogen-bond acceptors (Lipinski definition) is 4. The number of benzene rings is 1. The van der Waals surface area contributed by atoms with Crippen LogP contribution in [0.3, 0.4) is 0 Å². The molecular formula is C51H77NO4. The van der Waals surface area contributed by atoms with Crippen LogP contribution in [0.5, 0.6) is 11.5 Å². The molecule has 0 radical (unpaired) electrons. The Morgan fingerprint density at radius 2 is 0.982 bits per heavy atom. The third-order valence-corrected chi connectivity index (χ3v) is 10.7. The molecule has 5 heteroatoms. The van der Waals surface area contributed by atoms with Gasteiger partial charge in [-0.3, -0.25) is 14.5 Å². The van der Waals surface area contributed by atoms with Crippen molar-refractivity contribution in [3.8, 4) is 11.5 Å². The van der Waals surface area contributed by atoms with E-state index in [1.165, 1.54) is 120 Å². The van der Waals surface area contributed by atoms with E-state index in [-0.39, 0.29) is 18.4 Å². The summed E-state index contributed by atoms with van der Waals surface area (Å²) in [6.07, 6.45) is 52.9. The van der Waals surface area contributed by atoms with Crippen LogP contribution in [0.2, 0.25) is 0 Å². The highest BCUT2D eigenvalue weighted by Crippen LogP contribution is 2.32. The highest BCUT2D eigenvalue weighted by molar-refractivity contribution is 6.20. The summed E-state index contributed by atoms with van der Waals surface area (Å²) in [5.41, 5.74) is 2.06. The topological polar surface area (TPSA) is 55.8 Å². The van der Waals surface area contributed by atoms with Crippen molar-refractivity contribution in [1.29, 1.82) is 0 Å². The Balaban J connectivity index is 1.34. The first-order valence-corrected chi connectivity index (χ1v) is 22.9. The second kappa shape index (κ2) is 31.5. The number of allylic oxidation sites excluding steroid dienone is 9. The molecule has 0 saturated carbocycles. The fourth-order valence-electron chi connectivity index (χ4n) is 7.26. The lowest BCUT2D eigenvalue weighted by Gasteiger charge is -2.17. The van der Waals surface area contributed by atoms with E-state index in [0.717, 1.165) is 62.0 Å². The molecule has 0 unspecified atom stereocenters. The third kappa shape index (κ3) is 20.5. The number of carbonyl (C=O) groups is 2. The van der Waals surface area contributed by atoms with Gasteiger partial charge in [-0.2, -0.15) is 0 Å². The lowest BCUT2D eigenvalue weighted by molar-refractivity contribution is -0.138. The van der Waals surface area contributed by atoms with Gasteiger partial charge in [-0.25, -0.2) is 0 Å². The second-order valence-electron chi connectivity index (χ2n) is 15.7. The van der Waals surface area contributed by atoms with E-state index in [0.29, 0.717) is 30.8 Å². The minimum Gasteiger partial charge on any atom is -0.493 e. The van der Waals surface area contributed by atoms with E-state index >= 15 is 0 Å². The van der Waals surface area contributed by atoms with Gasteiger partial charge in [0.05, 0.1) is 19.8 Å². The molecule has 1 aliphatic carbocycles. The van der Waals surface area contributed by atoms with Gasteiger partial charge in [0, 0.05) is 17.2 Å². The van der Waals surface area contributed by atoms with Crippen LogP contribution in [-0.4, -0.2) is 29.9 Å². The largest absolute Gasteiger partial charge is 0.493 e. The van der Waals surface area contributed by atoms with Crippen LogP contribution in [0.25, 0.3) is 0 Å². The summed E-state index contributed by atoms with van der Waals surface area (Å²) in [5, 5.41) is 0. The van der Waals surface area contributed by atoms with Crippen molar-refractivity contribution in [2.45, 2.75) is 187 Å². The van der Waals surface area contributed by atoms with Gasteiger partial charge in [0.2, 0.25) is 0 Å². The molecule has 0 fully saturated rings. The number of imide groups is 1. The summed E-state index contributed by atoms with van der Waals surface area (Å²) < 4.78 is 12.5. The molecule has 2 amide bonds. The van der Waals surface area contributed by atoms with Gasteiger partial charge in [-0.1, -0.05) is 152 Å². The SMILES string of the molecule is CCCCC/C=C\C/C=C\CCCCCCCCOc1cc(CN2C(=O)C3=C(CCC=C3)C2=O)cc(OCCCCCCCC/C=C\C/C=C\CCCCC)c1. The van der Waals surface area contributed by atoms with Crippen LogP contribution < -0.4 is 9.47 Å². The Bertz CT molecular complexity index is 1340. The maximum atomic E-state index is 13.2. The van der Waals surface area contributed by atoms with E-state index < -0.39 is 0 Å². The highest BCUT2D eigenvalue weighted by atomic mass is 16.5. The maximum absolute atomic E-state index is 13.2. The molecule has 310 valence electrons. The Morgan fingerprint density at radius 1 is 0.536 bits per heavy atom. The van der Waals surface area contributed by atoms with Crippen molar-refractivity contribution in [2.24, 2.45) is 0 Å². The molecule has 0 atom stereocenters. The van der Waals surface area contributed by atoms with E-state index in [1.54, 1.807) is 0 Å². The number of amides is 2. The molecule has 56 heavy (non-hydrogen) atoms. The van der Waals surface area contributed by atoms with Crippen molar-refractivity contribution in [1.82, 2.24) is 4.90 Å². The number of nitrogens with zero attached hydrogens (tertiary/aromatic N) is 1. The number of unbranched alkanes of at least 4 members (excludes halogenated alkanes) is 18. The third-order valence-electron chi connectivity index (χ3n) is 10.7. The molecule has 1 aromatic rings. The number of rotatable bonds is 34. The monoisotopic (exact) mass is 768 g/mol. The van der Waals surface area contributed by atoms with Gasteiger partial charge >= 0.3 is 0 Å². The van der Waals surface area contributed by atoms with Gasteiger partial charge in [-0.15, -0.1) is 0 Å². The van der Waals surface area contributed by atoms with Crippen LogP contribution in [-0.2, 0) is 16.1 Å². The van der Waals surface area contributed by atoms with Crippen LogP contribution in [0, 0.1) is 0 Å². The van der Waals surface area contributed by atoms with Crippen LogP contribution in [0.1, 0.15) is 186 Å². The zero-order valence-electron chi connectivity index (χ0n) is 35.6. The average molecular weight is 768 g/mol. The molecule has 1 aliphatic heterocycles. The molecule has 1 aromatic carbocycles. The van der Waals surface area contributed by atoms with Crippen LogP contribution in [0.15, 0.2) is 90.1 Å². The van der Waals surface area contributed by atoms with Crippen LogP contribution >= 0.6 is 0 Å². The fourth-order valence-corrected chi connectivity index (χ4v) is 7.26. The molecule has 2 aliphatic rings. The molecule has 0 N–H and O–H groups in total. The van der Waals surface area contributed by atoms with E-state index in [9.17, 15) is 9.59 Å². The number of hydrogen-bond donors (Lipinski definition) is 0. The predicted molar refractivity (Wildman–Crippen MR) is 237 cm³/mol. The molecule has 3 rings (SSSR count).